The molecule has 0 atom stereocenters. The van der Waals surface area contributed by atoms with Crippen LogP contribution in [0.4, 0.5) is 0 Å². The van der Waals surface area contributed by atoms with Gasteiger partial charge in [0.1, 0.15) is 0 Å². The highest BCUT2D eigenvalue weighted by atomic mass is 16.4. The highest BCUT2D eigenvalue weighted by Crippen LogP contribution is 2.10. The van der Waals surface area contributed by atoms with Crippen molar-refractivity contribution in [2.24, 2.45) is 0 Å². The van der Waals surface area contributed by atoms with Crippen molar-refractivity contribution in [2.45, 2.75) is 12.8 Å². The highest BCUT2D eigenvalue weighted by molar-refractivity contribution is 5.75. The van der Waals surface area contributed by atoms with E-state index in [1.165, 1.54) is 0 Å². The summed E-state index contributed by atoms with van der Waals surface area (Å²) in [7, 11) is 0. The first-order valence-electron chi connectivity index (χ1n) is 5.85. The fourth-order valence-electron chi connectivity index (χ4n) is 1.24. The molecule has 104 valence electrons. The molecule has 2 aromatic heterocycles. The molecule has 2 aromatic rings. The first-order valence-corrected chi connectivity index (χ1v) is 5.85. The van der Waals surface area contributed by atoms with Crippen LogP contribution in [0.5, 0.6) is 0 Å². The lowest BCUT2D eigenvalue weighted by Gasteiger charge is -1.96. The van der Waals surface area contributed by atoms with E-state index in [0.717, 1.165) is 11.4 Å². The Kier molecular flexibility index (Phi) is 6.40. The monoisotopic (exact) mass is 274 g/mol. The molecule has 2 heterocycles. The Morgan fingerprint density at radius 1 is 0.800 bits per heavy atom. The quantitative estimate of drug-likeness (QED) is 0.885. The molecule has 6 nitrogen and oxygen atoms in total. The van der Waals surface area contributed by atoms with Crippen LogP contribution in [0.1, 0.15) is 12.8 Å². The molecule has 0 spiro atoms. The van der Waals surface area contributed by atoms with Crippen LogP contribution in [-0.4, -0.2) is 32.1 Å². The van der Waals surface area contributed by atoms with E-state index in [4.69, 9.17) is 10.2 Å². The van der Waals surface area contributed by atoms with Gasteiger partial charge in [-0.15, -0.1) is 0 Å². The summed E-state index contributed by atoms with van der Waals surface area (Å²) in [5, 5.41) is 15.8. The zero-order valence-electron chi connectivity index (χ0n) is 10.6. The minimum atomic E-state index is -1.08. The van der Waals surface area contributed by atoms with Crippen molar-refractivity contribution < 1.29 is 19.8 Å². The Hall–Kier alpha value is -2.76. The minimum absolute atomic E-state index is 0.296. The predicted octanol–water partition coefficient (Wildman–Crippen LogP) is 2.08. The number of hydrogen-bond acceptors (Lipinski definition) is 4. The van der Waals surface area contributed by atoms with Crippen LogP contribution in [-0.2, 0) is 9.59 Å². The van der Waals surface area contributed by atoms with Crippen LogP contribution in [0.2, 0.25) is 0 Å². The van der Waals surface area contributed by atoms with Gasteiger partial charge in [0.15, 0.2) is 0 Å². The Morgan fingerprint density at radius 3 is 1.45 bits per heavy atom. The minimum Gasteiger partial charge on any atom is -0.481 e. The van der Waals surface area contributed by atoms with Gasteiger partial charge in [-0.1, -0.05) is 12.1 Å². The van der Waals surface area contributed by atoms with Gasteiger partial charge in [0.05, 0.1) is 24.2 Å². The van der Waals surface area contributed by atoms with Gasteiger partial charge in [-0.2, -0.15) is 0 Å². The van der Waals surface area contributed by atoms with E-state index in [0.29, 0.717) is 0 Å². The number of carboxylic acids is 2. The van der Waals surface area contributed by atoms with Gasteiger partial charge >= 0.3 is 11.9 Å². The molecule has 0 aliphatic carbocycles. The predicted molar refractivity (Wildman–Crippen MR) is 72.0 cm³/mol. The van der Waals surface area contributed by atoms with Gasteiger partial charge in [0.2, 0.25) is 0 Å². The number of carboxylic acid groups (broad SMARTS) is 2. The van der Waals surface area contributed by atoms with Crippen molar-refractivity contribution >= 4 is 11.9 Å². The van der Waals surface area contributed by atoms with Gasteiger partial charge in [0, 0.05) is 12.4 Å². The van der Waals surface area contributed by atoms with Crippen LogP contribution in [0, 0.1) is 0 Å². The van der Waals surface area contributed by atoms with Crippen LogP contribution >= 0.6 is 0 Å². The largest absolute Gasteiger partial charge is 0.481 e. The average molecular weight is 274 g/mol. The summed E-state index contributed by atoms with van der Waals surface area (Å²) < 4.78 is 0. The normalized spacial score (nSPS) is 9.20. The molecular weight excluding hydrogens is 260 g/mol. The van der Waals surface area contributed by atoms with E-state index in [2.05, 4.69) is 9.97 Å². The molecule has 0 aliphatic heterocycles. The van der Waals surface area contributed by atoms with E-state index in [1.54, 1.807) is 12.4 Å². The Bertz CT molecular complexity index is 492. The number of pyridine rings is 2. The van der Waals surface area contributed by atoms with Crippen molar-refractivity contribution in [3.05, 3.63) is 48.8 Å². The maximum absolute atomic E-state index is 9.64. The zero-order chi connectivity index (χ0) is 14.8. The standard InChI is InChI=1S/C10H8N2.C4H6O4/c1-3-7-11-9(5-1)10-6-2-4-8-12-10;5-3(6)1-2-4(7)8/h1-8H;1-2H2,(H,5,6)(H,7,8). The third-order valence-corrected chi connectivity index (χ3v) is 2.14. The summed E-state index contributed by atoms with van der Waals surface area (Å²) in [5.41, 5.74) is 1.83. The smallest absolute Gasteiger partial charge is 0.303 e. The Balaban J connectivity index is 0.000000221. The molecule has 0 aliphatic rings. The number of aromatic nitrogens is 2. The fourth-order valence-corrected chi connectivity index (χ4v) is 1.24. The second-order valence-electron chi connectivity index (χ2n) is 3.72. The summed E-state index contributed by atoms with van der Waals surface area (Å²) in [5.74, 6) is -2.15. The number of rotatable bonds is 4. The molecular formula is C14H14N2O4. The topological polar surface area (TPSA) is 100 Å². The highest BCUT2D eigenvalue weighted by Gasteiger charge is 2.00. The van der Waals surface area contributed by atoms with Gasteiger partial charge in [0.25, 0.3) is 0 Å². The van der Waals surface area contributed by atoms with E-state index < -0.39 is 11.9 Å². The third kappa shape index (κ3) is 6.25. The van der Waals surface area contributed by atoms with Crippen LogP contribution in [0.15, 0.2) is 48.8 Å². The molecule has 0 fully saturated rings. The lowest BCUT2D eigenvalue weighted by atomic mass is 10.2. The molecule has 0 amide bonds. The summed E-state index contributed by atoms with van der Waals surface area (Å²) in [6, 6.07) is 11.6. The first kappa shape index (κ1) is 15.3. The summed E-state index contributed by atoms with van der Waals surface area (Å²) in [4.78, 5) is 27.7. The van der Waals surface area contributed by atoms with E-state index in [1.807, 2.05) is 36.4 Å². The third-order valence-electron chi connectivity index (χ3n) is 2.14. The average Bonchev–Trinajstić information content (AvgIpc) is 2.48. The van der Waals surface area contributed by atoms with E-state index in [9.17, 15) is 9.59 Å². The van der Waals surface area contributed by atoms with Gasteiger partial charge in [-0.25, -0.2) is 0 Å². The number of aliphatic carboxylic acids is 2. The van der Waals surface area contributed by atoms with Crippen molar-refractivity contribution in [3.8, 4) is 11.4 Å². The van der Waals surface area contributed by atoms with Gasteiger partial charge in [-0.3, -0.25) is 19.6 Å². The maximum atomic E-state index is 9.64. The van der Waals surface area contributed by atoms with E-state index >= 15 is 0 Å². The van der Waals surface area contributed by atoms with Crippen molar-refractivity contribution in [2.75, 3.05) is 0 Å². The summed E-state index contributed by atoms with van der Waals surface area (Å²) >= 11 is 0. The second-order valence-corrected chi connectivity index (χ2v) is 3.72. The fraction of sp³-hybridized carbons (Fsp3) is 0.143. The molecule has 0 saturated heterocycles. The molecule has 0 saturated carbocycles. The van der Waals surface area contributed by atoms with Gasteiger partial charge in [-0.05, 0) is 24.3 Å². The lowest BCUT2D eigenvalue weighted by Crippen LogP contribution is -2.00. The molecule has 0 bridgehead atoms. The van der Waals surface area contributed by atoms with Gasteiger partial charge < -0.3 is 10.2 Å². The maximum Gasteiger partial charge on any atom is 0.303 e. The summed E-state index contributed by atoms with van der Waals surface area (Å²) in [6.45, 7) is 0. The zero-order valence-corrected chi connectivity index (χ0v) is 10.6. The Labute approximate surface area is 115 Å². The van der Waals surface area contributed by atoms with Crippen molar-refractivity contribution in [1.82, 2.24) is 9.97 Å². The van der Waals surface area contributed by atoms with E-state index in [-0.39, 0.29) is 12.8 Å². The molecule has 20 heavy (non-hydrogen) atoms. The SMILES string of the molecule is O=C(O)CCC(=O)O.c1ccc(-c2ccccn2)nc1. The number of nitrogens with zero attached hydrogens (tertiary/aromatic N) is 2. The van der Waals surface area contributed by atoms with Crippen LogP contribution in [0.3, 0.4) is 0 Å². The lowest BCUT2D eigenvalue weighted by molar-refractivity contribution is -0.143. The Morgan fingerprint density at radius 2 is 1.20 bits per heavy atom. The van der Waals surface area contributed by atoms with Crippen LogP contribution in [0.25, 0.3) is 11.4 Å². The molecule has 2 N–H and O–H groups in total. The van der Waals surface area contributed by atoms with Crippen molar-refractivity contribution in [1.29, 1.82) is 0 Å². The van der Waals surface area contributed by atoms with Crippen LogP contribution < -0.4 is 0 Å². The second kappa shape index (κ2) is 8.36. The molecule has 0 aromatic carbocycles. The number of hydrogen-bond donors (Lipinski definition) is 2. The molecule has 0 unspecified atom stereocenters. The number of carbonyl (C=O) groups is 2. The molecule has 6 heteroatoms. The van der Waals surface area contributed by atoms with Crippen molar-refractivity contribution in [3.63, 3.8) is 0 Å². The first-order chi connectivity index (χ1) is 9.59. The summed E-state index contributed by atoms with van der Waals surface area (Å²) in [6.07, 6.45) is 2.94. The molecule has 2 rings (SSSR count). The molecule has 0 radical (unpaired) electrons.